The second-order valence-electron chi connectivity index (χ2n) is 4.57. The van der Waals surface area contributed by atoms with E-state index < -0.39 is 5.82 Å². The van der Waals surface area contributed by atoms with Gasteiger partial charge in [-0.15, -0.1) is 0 Å². The van der Waals surface area contributed by atoms with E-state index in [0.717, 1.165) is 11.7 Å². The second kappa shape index (κ2) is 6.20. The van der Waals surface area contributed by atoms with E-state index in [1.165, 1.54) is 31.7 Å². The summed E-state index contributed by atoms with van der Waals surface area (Å²) in [6.07, 6.45) is 5.24. The molecule has 92 valence electrons. The van der Waals surface area contributed by atoms with Crippen molar-refractivity contribution >= 4 is 17.5 Å². The third-order valence-electron chi connectivity index (χ3n) is 3.24. The maximum Gasteiger partial charge on any atom is 0.175 e. The predicted molar refractivity (Wildman–Crippen MR) is 70.0 cm³/mol. The van der Waals surface area contributed by atoms with Crippen molar-refractivity contribution in [1.29, 1.82) is 0 Å². The Labute approximate surface area is 106 Å². The number of hydrogen-bond acceptors (Lipinski definition) is 2. The molecular formula is C14H17FOS. The van der Waals surface area contributed by atoms with Gasteiger partial charge >= 0.3 is 0 Å². The van der Waals surface area contributed by atoms with Crippen LogP contribution in [0.1, 0.15) is 36.0 Å². The van der Waals surface area contributed by atoms with Gasteiger partial charge in [-0.05, 0) is 36.6 Å². The van der Waals surface area contributed by atoms with Gasteiger partial charge in [-0.3, -0.25) is 4.79 Å². The first kappa shape index (κ1) is 12.6. The lowest BCUT2D eigenvalue weighted by atomic mass is 10.1. The van der Waals surface area contributed by atoms with Gasteiger partial charge < -0.3 is 0 Å². The fourth-order valence-corrected chi connectivity index (χ4v) is 3.39. The summed E-state index contributed by atoms with van der Waals surface area (Å²) in [7, 11) is 0. The molecule has 17 heavy (non-hydrogen) atoms. The lowest BCUT2D eigenvalue weighted by Gasteiger charge is -2.07. The number of benzene rings is 1. The minimum Gasteiger partial charge on any atom is -0.293 e. The zero-order valence-electron chi connectivity index (χ0n) is 9.82. The van der Waals surface area contributed by atoms with E-state index in [9.17, 15) is 9.18 Å². The van der Waals surface area contributed by atoms with E-state index in [2.05, 4.69) is 0 Å². The van der Waals surface area contributed by atoms with Gasteiger partial charge in [0.1, 0.15) is 5.82 Å². The van der Waals surface area contributed by atoms with Crippen LogP contribution in [0.15, 0.2) is 24.3 Å². The van der Waals surface area contributed by atoms with Crippen molar-refractivity contribution in [3.63, 3.8) is 0 Å². The number of carbonyl (C=O) groups is 1. The van der Waals surface area contributed by atoms with Gasteiger partial charge in [-0.25, -0.2) is 4.39 Å². The lowest BCUT2D eigenvalue weighted by molar-refractivity contribution is 0.101. The standard InChI is InChI=1S/C14H17FOS/c15-13-8-4-3-7-12(13)14(16)10-17-9-11-5-1-2-6-11/h3-4,7-8,11H,1-2,5-6,9-10H2. The van der Waals surface area contributed by atoms with E-state index in [-0.39, 0.29) is 11.3 Å². The molecule has 0 heterocycles. The summed E-state index contributed by atoms with van der Waals surface area (Å²) in [6.45, 7) is 0. The Hall–Kier alpha value is -0.830. The molecule has 3 heteroatoms. The molecule has 1 nitrogen and oxygen atoms in total. The molecule has 0 unspecified atom stereocenters. The molecule has 1 fully saturated rings. The first-order valence-electron chi connectivity index (χ1n) is 6.13. The van der Waals surface area contributed by atoms with Crippen LogP contribution in [-0.2, 0) is 0 Å². The normalized spacial score (nSPS) is 16.3. The predicted octanol–water partition coefficient (Wildman–Crippen LogP) is 3.93. The van der Waals surface area contributed by atoms with Crippen LogP contribution in [0.3, 0.4) is 0 Å². The molecule has 0 atom stereocenters. The van der Waals surface area contributed by atoms with Crippen LogP contribution in [0.5, 0.6) is 0 Å². The molecule has 0 saturated heterocycles. The minimum absolute atomic E-state index is 0.0916. The van der Waals surface area contributed by atoms with Gasteiger partial charge in [0.2, 0.25) is 0 Å². The quantitative estimate of drug-likeness (QED) is 0.738. The fraction of sp³-hybridized carbons (Fsp3) is 0.500. The maximum absolute atomic E-state index is 13.3. The highest BCUT2D eigenvalue weighted by atomic mass is 32.2. The third-order valence-corrected chi connectivity index (χ3v) is 4.41. The molecule has 2 rings (SSSR count). The number of ketones is 1. The average molecular weight is 252 g/mol. The van der Waals surface area contributed by atoms with E-state index >= 15 is 0 Å². The second-order valence-corrected chi connectivity index (χ2v) is 5.60. The number of thioether (sulfide) groups is 1. The van der Waals surface area contributed by atoms with E-state index in [4.69, 9.17) is 0 Å². The fourth-order valence-electron chi connectivity index (χ4n) is 2.26. The summed E-state index contributed by atoms with van der Waals surface area (Å²) in [5, 5.41) is 0. The molecule has 0 aromatic heterocycles. The largest absolute Gasteiger partial charge is 0.293 e. The highest BCUT2D eigenvalue weighted by Gasteiger charge is 2.16. The van der Waals surface area contributed by atoms with Crippen molar-refractivity contribution in [2.75, 3.05) is 11.5 Å². The summed E-state index contributed by atoms with van der Waals surface area (Å²) in [4.78, 5) is 11.8. The summed E-state index contributed by atoms with van der Waals surface area (Å²) in [6, 6.07) is 6.22. The molecule has 1 aromatic rings. The van der Waals surface area contributed by atoms with Gasteiger partial charge in [-0.1, -0.05) is 25.0 Å². The molecule has 0 aliphatic heterocycles. The smallest absolute Gasteiger partial charge is 0.175 e. The van der Waals surface area contributed by atoms with Crippen LogP contribution < -0.4 is 0 Å². The number of halogens is 1. The maximum atomic E-state index is 13.3. The Morgan fingerprint density at radius 1 is 1.29 bits per heavy atom. The average Bonchev–Trinajstić information content (AvgIpc) is 2.82. The summed E-state index contributed by atoms with van der Waals surface area (Å²) in [5.41, 5.74) is 0.228. The van der Waals surface area contributed by atoms with Gasteiger partial charge in [0, 0.05) is 0 Å². The van der Waals surface area contributed by atoms with Crippen molar-refractivity contribution in [3.8, 4) is 0 Å². The molecule has 0 amide bonds. The summed E-state index contributed by atoms with van der Waals surface area (Å²) in [5.74, 6) is 1.72. The van der Waals surface area contributed by atoms with Crippen molar-refractivity contribution in [1.82, 2.24) is 0 Å². The van der Waals surface area contributed by atoms with Crippen molar-refractivity contribution in [2.24, 2.45) is 5.92 Å². The van der Waals surface area contributed by atoms with Gasteiger partial charge in [0.15, 0.2) is 5.78 Å². The van der Waals surface area contributed by atoms with E-state index in [1.807, 2.05) is 0 Å². The van der Waals surface area contributed by atoms with E-state index in [1.54, 1.807) is 30.0 Å². The van der Waals surface area contributed by atoms with Gasteiger partial charge in [0.25, 0.3) is 0 Å². The first-order valence-corrected chi connectivity index (χ1v) is 7.28. The summed E-state index contributed by atoms with van der Waals surface area (Å²) < 4.78 is 13.3. The molecule has 1 saturated carbocycles. The number of carbonyl (C=O) groups excluding carboxylic acids is 1. The SMILES string of the molecule is O=C(CSCC1CCCC1)c1ccccc1F. The zero-order valence-corrected chi connectivity index (χ0v) is 10.6. The molecule has 0 spiro atoms. The molecule has 1 aliphatic carbocycles. The van der Waals surface area contributed by atoms with Crippen LogP contribution in [0.2, 0.25) is 0 Å². The number of Topliss-reactive ketones (excluding diaryl/α,β-unsaturated/α-hetero) is 1. The number of rotatable bonds is 5. The Balaban J connectivity index is 1.79. The molecule has 0 radical (unpaired) electrons. The Morgan fingerprint density at radius 2 is 2.00 bits per heavy atom. The van der Waals surface area contributed by atoms with Crippen LogP contribution >= 0.6 is 11.8 Å². The third kappa shape index (κ3) is 3.56. The van der Waals surface area contributed by atoms with Gasteiger partial charge in [-0.2, -0.15) is 11.8 Å². The first-order chi connectivity index (χ1) is 8.27. The zero-order chi connectivity index (χ0) is 12.1. The molecular weight excluding hydrogens is 235 g/mol. The van der Waals surface area contributed by atoms with Crippen molar-refractivity contribution < 1.29 is 9.18 Å². The molecule has 1 aliphatic rings. The lowest BCUT2D eigenvalue weighted by Crippen LogP contribution is -2.07. The summed E-state index contributed by atoms with van der Waals surface area (Å²) >= 11 is 1.65. The van der Waals surface area contributed by atoms with Crippen LogP contribution in [0.25, 0.3) is 0 Å². The highest BCUT2D eigenvalue weighted by molar-refractivity contribution is 7.99. The topological polar surface area (TPSA) is 17.1 Å². The highest BCUT2D eigenvalue weighted by Crippen LogP contribution is 2.28. The minimum atomic E-state index is -0.404. The van der Waals surface area contributed by atoms with Gasteiger partial charge in [0.05, 0.1) is 11.3 Å². The van der Waals surface area contributed by atoms with E-state index in [0.29, 0.717) is 5.75 Å². The van der Waals surface area contributed by atoms with Crippen molar-refractivity contribution in [2.45, 2.75) is 25.7 Å². The van der Waals surface area contributed by atoms with Crippen LogP contribution in [-0.4, -0.2) is 17.3 Å². The molecule has 0 N–H and O–H groups in total. The van der Waals surface area contributed by atoms with Crippen molar-refractivity contribution in [3.05, 3.63) is 35.6 Å². The molecule has 1 aromatic carbocycles. The Morgan fingerprint density at radius 3 is 2.71 bits per heavy atom. The Bertz CT molecular complexity index is 386. The Kier molecular flexibility index (Phi) is 4.60. The monoisotopic (exact) mass is 252 g/mol. The molecule has 0 bridgehead atoms. The number of hydrogen-bond donors (Lipinski definition) is 0. The van der Waals surface area contributed by atoms with Crippen LogP contribution in [0.4, 0.5) is 4.39 Å². The van der Waals surface area contributed by atoms with Crippen LogP contribution in [0, 0.1) is 11.7 Å².